The zero-order chi connectivity index (χ0) is 24.6. The molecular formula is C26H17F3O4S. The van der Waals surface area contributed by atoms with Gasteiger partial charge in [-0.25, -0.2) is 9.59 Å². The fourth-order valence-corrected chi connectivity index (χ4v) is 5.06. The minimum Gasteiger partial charge on any atom is -0.423 e. The predicted molar refractivity (Wildman–Crippen MR) is 126 cm³/mol. The van der Waals surface area contributed by atoms with E-state index in [1.807, 2.05) is 13.0 Å². The number of rotatable bonds is 5. The Kier molecular flexibility index (Phi) is 6.01. The fourth-order valence-electron chi connectivity index (χ4n) is 3.70. The Bertz CT molecular complexity index is 1460. The summed E-state index contributed by atoms with van der Waals surface area (Å²) in [6.07, 6.45) is -2.85. The number of hydrogen-bond acceptors (Lipinski definition) is 5. The first-order chi connectivity index (χ1) is 16.1. The van der Waals surface area contributed by atoms with Crippen molar-refractivity contribution < 1.29 is 32.2 Å². The van der Waals surface area contributed by atoms with Crippen LogP contribution in [0.4, 0.5) is 13.2 Å². The van der Waals surface area contributed by atoms with Crippen molar-refractivity contribution in [3.63, 3.8) is 0 Å². The van der Waals surface area contributed by atoms with E-state index in [1.54, 1.807) is 30.3 Å². The summed E-state index contributed by atoms with van der Waals surface area (Å²) in [7, 11) is 0. The zero-order valence-electron chi connectivity index (χ0n) is 17.9. The van der Waals surface area contributed by atoms with E-state index < -0.39 is 29.4 Å². The minimum atomic E-state index is -4.73. The van der Waals surface area contributed by atoms with E-state index in [9.17, 15) is 22.8 Å². The maximum absolute atomic E-state index is 14.0. The van der Waals surface area contributed by atoms with E-state index in [1.165, 1.54) is 6.07 Å². The summed E-state index contributed by atoms with van der Waals surface area (Å²) in [4.78, 5) is 23.0. The third-order valence-electron chi connectivity index (χ3n) is 5.23. The van der Waals surface area contributed by atoms with Crippen LogP contribution in [-0.2, 0) is 15.8 Å². The van der Waals surface area contributed by atoms with Gasteiger partial charge in [0.1, 0.15) is 17.1 Å². The maximum Gasteiger partial charge on any atom is 0.421 e. The number of alkyl halides is 3. The van der Waals surface area contributed by atoms with E-state index in [2.05, 4.69) is 13.2 Å². The molecule has 0 saturated carbocycles. The van der Waals surface area contributed by atoms with Crippen LogP contribution in [0.1, 0.15) is 11.1 Å². The van der Waals surface area contributed by atoms with Crippen molar-refractivity contribution in [3.8, 4) is 22.6 Å². The van der Waals surface area contributed by atoms with Gasteiger partial charge in [-0.05, 0) is 47.9 Å². The van der Waals surface area contributed by atoms with Crippen LogP contribution in [0.25, 0.3) is 31.3 Å². The number of carbonyl (C=O) groups excluding carboxylic acids is 2. The van der Waals surface area contributed by atoms with Gasteiger partial charge in [-0.2, -0.15) is 13.2 Å². The summed E-state index contributed by atoms with van der Waals surface area (Å²) in [5.74, 6) is -1.74. The van der Waals surface area contributed by atoms with Crippen LogP contribution in [0.3, 0.4) is 0 Å². The van der Waals surface area contributed by atoms with Gasteiger partial charge in [0.2, 0.25) is 0 Å². The van der Waals surface area contributed by atoms with E-state index in [4.69, 9.17) is 9.47 Å². The Labute approximate surface area is 196 Å². The number of thiophene rings is 1. The number of aryl methyl sites for hydroxylation is 1. The van der Waals surface area contributed by atoms with Crippen LogP contribution in [0.5, 0.6) is 11.5 Å². The van der Waals surface area contributed by atoms with Crippen LogP contribution < -0.4 is 9.47 Å². The zero-order valence-corrected chi connectivity index (χ0v) is 18.7. The molecular weight excluding hydrogens is 465 g/mol. The SMILES string of the molecule is C=CC(=O)Oc1ccc(-c2ccc3c(sc4c(C(F)(F)F)c(OC(=O)C=C)ccc43)c2C)cc1. The lowest BCUT2D eigenvalue weighted by molar-refractivity contribution is -0.139. The minimum absolute atomic E-state index is 0.0104. The highest BCUT2D eigenvalue weighted by Crippen LogP contribution is 2.48. The second-order valence-corrected chi connectivity index (χ2v) is 8.33. The van der Waals surface area contributed by atoms with Gasteiger partial charge in [-0.3, -0.25) is 0 Å². The van der Waals surface area contributed by atoms with Crippen molar-refractivity contribution in [1.82, 2.24) is 0 Å². The first-order valence-corrected chi connectivity index (χ1v) is 10.8. The predicted octanol–water partition coefficient (Wildman–Crippen LogP) is 7.23. The topological polar surface area (TPSA) is 52.6 Å². The molecule has 0 fully saturated rings. The monoisotopic (exact) mass is 482 g/mol. The Morgan fingerprint density at radius 1 is 0.853 bits per heavy atom. The average Bonchev–Trinajstić information content (AvgIpc) is 3.18. The summed E-state index contributed by atoms with van der Waals surface area (Å²) in [5.41, 5.74) is 1.45. The van der Waals surface area contributed by atoms with Gasteiger partial charge >= 0.3 is 18.1 Å². The molecule has 172 valence electrons. The summed E-state index contributed by atoms with van der Waals surface area (Å²) >= 11 is 0.996. The standard InChI is InChI=1S/C26H17F3O4S/c1-4-21(30)32-16-8-6-15(7-9-16)17-10-11-18-19-12-13-20(33-22(31)5-2)23(26(27,28)29)25(19)34-24(18)14(17)3/h4-13H,1-2H2,3H3. The van der Waals surface area contributed by atoms with Gasteiger partial charge < -0.3 is 9.47 Å². The van der Waals surface area contributed by atoms with Crippen molar-refractivity contribution in [1.29, 1.82) is 0 Å². The van der Waals surface area contributed by atoms with Crippen LogP contribution in [0, 0.1) is 6.92 Å². The first-order valence-electron chi connectivity index (χ1n) is 9.99. The maximum atomic E-state index is 14.0. The lowest BCUT2D eigenvalue weighted by Crippen LogP contribution is -2.11. The number of benzene rings is 3. The van der Waals surface area contributed by atoms with Crippen LogP contribution in [-0.4, -0.2) is 11.9 Å². The van der Waals surface area contributed by atoms with Crippen molar-refractivity contribution >= 4 is 43.4 Å². The van der Waals surface area contributed by atoms with Gasteiger partial charge in [-0.1, -0.05) is 37.4 Å². The fraction of sp³-hybridized carbons (Fsp3) is 0.0769. The van der Waals surface area contributed by atoms with Gasteiger partial charge in [0, 0.05) is 27.6 Å². The van der Waals surface area contributed by atoms with Crippen LogP contribution in [0.2, 0.25) is 0 Å². The molecule has 0 atom stereocenters. The smallest absolute Gasteiger partial charge is 0.421 e. The van der Waals surface area contributed by atoms with Crippen molar-refractivity contribution in [2.75, 3.05) is 0 Å². The highest BCUT2D eigenvalue weighted by atomic mass is 32.1. The highest BCUT2D eigenvalue weighted by molar-refractivity contribution is 7.26. The second kappa shape index (κ2) is 8.79. The largest absolute Gasteiger partial charge is 0.423 e. The van der Waals surface area contributed by atoms with Crippen molar-refractivity contribution in [2.24, 2.45) is 0 Å². The van der Waals surface area contributed by atoms with E-state index >= 15 is 0 Å². The van der Waals surface area contributed by atoms with Crippen molar-refractivity contribution in [2.45, 2.75) is 13.1 Å². The number of esters is 2. The molecule has 8 heteroatoms. The number of fused-ring (bicyclic) bond motifs is 3. The van der Waals surface area contributed by atoms with E-state index in [0.717, 1.165) is 46.2 Å². The molecule has 0 amide bonds. The normalized spacial score (nSPS) is 11.4. The number of halogens is 3. The van der Waals surface area contributed by atoms with Gasteiger partial charge in [0.25, 0.3) is 0 Å². The van der Waals surface area contributed by atoms with Gasteiger partial charge in [-0.15, -0.1) is 11.3 Å². The first kappa shape index (κ1) is 23.3. The van der Waals surface area contributed by atoms with E-state index in [0.29, 0.717) is 21.2 Å². The lowest BCUT2D eigenvalue weighted by atomic mass is 9.98. The molecule has 4 rings (SSSR count). The number of carbonyl (C=O) groups is 2. The summed E-state index contributed by atoms with van der Waals surface area (Å²) in [6.45, 7) is 8.43. The molecule has 4 aromatic rings. The molecule has 0 saturated heterocycles. The Morgan fingerprint density at radius 3 is 2.06 bits per heavy atom. The second-order valence-electron chi connectivity index (χ2n) is 7.30. The molecule has 0 N–H and O–H groups in total. The molecule has 0 unspecified atom stereocenters. The lowest BCUT2D eigenvalue weighted by Gasteiger charge is -2.13. The van der Waals surface area contributed by atoms with Crippen LogP contribution in [0.15, 0.2) is 73.8 Å². The third kappa shape index (κ3) is 4.20. The molecule has 0 bridgehead atoms. The summed E-state index contributed by atoms with van der Waals surface area (Å²) < 4.78 is 52.7. The number of ether oxygens (including phenoxy) is 2. The molecule has 1 heterocycles. The molecule has 3 aromatic carbocycles. The highest BCUT2D eigenvalue weighted by Gasteiger charge is 2.38. The summed E-state index contributed by atoms with van der Waals surface area (Å²) in [5, 5.41) is 1.09. The molecule has 4 nitrogen and oxygen atoms in total. The third-order valence-corrected chi connectivity index (χ3v) is 6.59. The molecule has 0 aliphatic heterocycles. The van der Waals surface area contributed by atoms with Crippen molar-refractivity contribution in [3.05, 3.63) is 85.0 Å². The molecule has 0 spiro atoms. The summed E-state index contributed by atoms with van der Waals surface area (Å²) in [6, 6.07) is 13.1. The Hall–Kier alpha value is -3.91. The molecule has 0 aliphatic rings. The average molecular weight is 482 g/mol. The van der Waals surface area contributed by atoms with Gasteiger partial charge in [0.15, 0.2) is 0 Å². The quantitative estimate of drug-likeness (QED) is 0.171. The Balaban J connectivity index is 1.86. The molecule has 0 radical (unpaired) electrons. The number of hydrogen-bond donors (Lipinski definition) is 0. The molecule has 34 heavy (non-hydrogen) atoms. The van der Waals surface area contributed by atoms with Gasteiger partial charge in [0.05, 0.1) is 4.70 Å². The molecule has 0 aliphatic carbocycles. The molecule has 1 aromatic heterocycles. The van der Waals surface area contributed by atoms with E-state index in [-0.39, 0.29) is 4.70 Å². The Morgan fingerprint density at radius 2 is 1.44 bits per heavy atom. The van der Waals surface area contributed by atoms with Crippen LogP contribution >= 0.6 is 11.3 Å².